The fraction of sp³-hybridized carbons (Fsp3) is 0.400. The maximum absolute atomic E-state index is 11.1. The molecule has 0 atom stereocenters. The summed E-state index contributed by atoms with van der Waals surface area (Å²) < 4.78 is 5.36. The van der Waals surface area contributed by atoms with E-state index in [2.05, 4.69) is 58.6 Å². The number of likely N-dealkylation sites (N-methyl/N-ethyl adjacent to an activating group) is 1. The van der Waals surface area contributed by atoms with Crippen LogP contribution in [0.2, 0.25) is 0 Å². The van der Waals surface area contributed by atoms with Crippen LogP contribution in [0.1, 0.15) is 35.7 Å². The number of aryl methyl sites for hydroxylation is 1. The van der Waals surface area contributed by atoms with E-state index < -0.39 is 5.91 Å². The van der Waals surface area contributed by atoms with E-state index in [4.69, 9.17) is 10.2 Å². The Morgan fingerprint density at radius 3 is 2.67 bits per heavy atom. The van der Waals surface area contributed by atoms with Crippen LogP contribution in [-0.2, 0) is 6.54 Å². The van der Waals surface area contributed by atoms with Gasteiger partial charge in [-0.05, 0) is 50.6 Å². The van der Waals surface area contributed by atoms with E-state index in [1.54, 1.807) is 12.1 Å². The third-order valence-electron chi connectivity index (χ3n) is 4.06. The number of nitrogens with one attached hydrogen (secondary N) is 2. The topological polar surface area (TPSA) is 95.9 Å². The number of benzene rings is 1. The third-order valence-corrected chi connectivity index (χ3v) is 4.06. The number of primary amides is 1. The highest BCUT2D eigenvalue weighted by Crippen LogP contribution is 2.15. The summed E-state index contributed by atoms with van der Waals surface area (Å²) in [4.78, 5) is 17.9. The largest absolute Gasteiger partial charge is 0.454 e. The van der Waals surface area contributed by atoms with Crippen molar-refractivity contribution in [2.75, 3.05) is 31.1 Å². The maximum Gasteiger partial charge on any atom is 0.284 e. The van der Waals surface area contributed by atoms with E-state index in [1.807, 2.05) is 6.92 Å². The average molecular weight is 371 g/mol. The number of nitrogens with two attached hydrogens (primary N) is 1. The highest BCUT2D eigenvalue weighted by Gasteiger charge is 2.08. The molecule has 0 unspecified atom stereocenters. The fourth-order valence-electron chi connectivity index (χ4n) is 2.70. The molecule has 7 heteroatoms. The molecule has 0 aliphatic rings. The second-order valence-electron chi connectivity index (χ2n) is 6.17. The van der Waals surface area contributed by atoms with E-state index in [9.17, 15) is 4.79 Å². The number of carbonyl (C=O) groups excluding carboxylic acids is 1. The molecule has 0 spiro atoms. The highest BCUT2D eigenvalue weighted by atomic mass is 16.3. The van der Waals surface area contributed by atoms with Crippen LogP contribution in [0.15, 0.2) is 45.8 Å². The van der Waals surface area contributed by atoms with Crippen LogP contribution in [0.3, 0.4) is 0 Å². The van der Waals surface area contributed by atoms with Gasteiger partial charge in [-0.15, -0.1) is 0 Å². The van der Waals surface area contributed by atoms with Gasteiger partial charge in [0.05, 0.1) is 0 Å². The number of furan rings is 1. The Kier molecular flexibility index (Phi) is 7.73. The van der Waals surface area contributed by atoms with Gasteiger partial charge in [-0.3, -0.25) is 4.79 Å². The molecule has 27 heavy (non-hydrogen) atoms. The molecule has 0 aliphatic carbocycles. The van der Waals surface area contributed by atoms with Gasteiger partial charge in [0.25, 0.3) is 5.91 Å². The van der Waals surface area contributed by atoms with Crippen LogP contribution in [0.25, 0.3) is 0 Å². The lowest BCUT2D eigenvalue weighted by atomic mass is 10.2. The second kappa shape index (κ2) is 10.3. The van der Waals surface area contributed by atoms with Gasteiger partial charge >= 0.3 is 0 Å². The molecule has 0 bridgehead atoms. The molecule has 1 aromatic heterocycles. The zero-order chi connectivity index (χ0) is 19.6. The predicted molar refractivity (Wildman–Crippen MR) is 109 cm³/mol. The molecule has 0 saturated heterocycles. The Balaban J connectivity index is 1.91. The fourth-order valence-corrected chi connectivity index (χ4v) is 2.70. The van der Waals surface area contributed by atoms with Gasteiger partial charge in [0.2, 0.25) is 0 Å². The maximum atomic E-state index is 11.1. The van der Waals surface area contributed by atoms with Crippen LogP contribution in [0.4, 0.5) is 5.69 Å². The molecule has 4 N–H and O–H groups in total. The molecule has 2 rings (SSSR count). The highest BCUT2D eigenvalue weighted by molar-refractivity contribution is 5.89. The Morgan fingerprint density at radius 1 is 1.22 bits per heavy atom. The van der Waals surface area contributed by atoms with Crippen LogP contribution in [0, 0.1) is 6.92 Å². The average Bonchev–Trinajstić information content (AvgIpc) is 3.12. The molecule has 1 heterocycles. The summed E-state index contributed by atoms with van der Waals surface area (Å²) in [5.41, 5.74) is 7.67. The van der Waals surface area contributed by atoms with E-state index in [0.29, 0.717) is 18.3 Å². The van der Waals surface area contributed by atoms with Crippen LogP contribution in [0.5, 0.6) is 0 Å². The van der Waals surface area contributed by atoms with Crippen molar-refractivity contribution in [2.24, 2.45) is 10.7 Å². The number of carbonyl (C=O) groups is 1. The van der Waals surface area contributed by atoms with Gasteiger partial charge in [-0.2, -0.15) is 0 Å². The molecule has 0 aliphatic heterocycles. The Hall–Kier alpha value is -2.96. The number of rotatable bonds is 9. The summed E-state index contributed by atoms with van der Waals surface area (Å²) in [5.74, 6) is 0.867. The number of hydrogen-bond donors (Lipinski definition) is 3. The van der Waals surface area contributed by atoms with E-state index >= 15 is 0 Å². The van der Waals surface area contributed by atoms with Crippen molar-refractivity contribution in [3.63, 3.8) is 0 Å². The number of aliphatic imine (C=N–C) groups is 1. The van der Waals surface area contributed by atoms with E-state index in [1.165, 1.54) is 11.3 Å². The lowest BCUT2D eigenvalue weighted by molar-refractivity contribution is 0.0972. The van der Waals surface area contributed by atoms with Gasteiger partial charge in [0, 0.05) is 31.9 Å². The Morgan fingerprint density at radius 2 is 2.04 bits per heavy atom. The summed E-state index contributed by atoms with van der Waals surface area (Å²) in [6.45, 7) is 9.89. The quantitative estimate of drug-likeness (QED) is 0.464. The molecular weight excluding hydrogens is 342 g/mol. The number of nitrogens with zero attached hydrogens (tertiary/aromatic N) is 2. The first-order valence-corrected chi connectivity index (χ1v) is 9.25. The molecule has 1 aromatic carbocycles. The van der Waals surface area contributed by atoms with E-state index in [-0.39, 0.29) is 5.76 Å². The lowest BCUT2D eigenvalue weighted by Crippen LogP contribution is -2.41. The minimum Gasteiger partial charge on any atom is -0.454 e. The van der Waals surface area contributed by atoms with Gasteiger partial charge in [0.1, 0.15) is 12.3 Å². The number of anilines is 1. The second-order valence-corrected chi connectivity index (χ2v) is 6.17. The smallest absolute Gasteiger partial charge is 0.284 e. The van der Waals surface area contributed by atoms with Crippen molar-refractivity contribution in [1.29, 1.82) is 0 Å². The van der Waals surface area contributed by atoms with Crippen LogP contribution in [-0.4, -0.2) is 38.0 Å². The summed E-state index contributed by atoms with van der Waals surface area (Å²) in [5, 5.41) is 6.54. The van der Waals surface area contributed by atoms with Crippen molar-refractivity contribution in [3.8, 4) is 0 Å². The number of hydrogen-bond acceptors (Lipinski definition) is 4. The lowest BCUT2D eigenvalue weighted by Gasteiger charge is -2.24. The Bertz CT molecular complexity index is 769. The molecule has 0 fully saturated rings. The summed E-state index contributed by atoms with van der Waals surface area (Å²) in [6, 6.07) is 11.8. The van der Waals surface area contributed by atoms with Crippen molar-refractivity contribution in [3.05, 3.63) is 53.5 Å². The van der Waals surface area contributed by atoms with Gasteiger partial charge in [-0.25, -0.2) is 4.99 Å². The standard InChI is InChI=1S/C20H29N5O2/c1-4-22-20(24-14-17-9-10-18(27-17)19(21)26)23-11-12-25(5-2)16-8-6-7-15(3)13-16/h6-10,13H,4-5,11-12,14H2,1-3H3,(H2,21,26)(H2,22,23,24). The molecule has 0 radical (unpaired) electrons. The molecule has 2 aromatic rings. The third kappa shape index (κ3) is 6.36. The Labute approximate surface area is 160 Å². The van der Waals surface area contributed by atoms with Crippen LogP contribution >= 0.6 is 0 Å². The number of guanidine groups is 1. The van der Waals surface area contributed by atoms with Gasteiger partial charge in [0.15, 0.2) is 11.7 Å². The summed E-state index contributed by atoms with van der Waals surface area (Å²) in [6.07, 6.45) is 0. The summed E-state index contributed by atoms with van der Waals surface area (Å²) in [7, 11) is 0. The molecular formula is C20H29N5O2. The van der Waals surface area contributed by atoms with Gasteiger partial charge < -0.3 is 25.7 Å². The number of amides is 1. The molecule has 146 valence electrons. The minimum absolute atomic E-state index is 0.148. The van der Waals surface area contributed by atoms with Crippen molar-refractivity contribution < 1.29 is 9.21 Å². The first-order valence-electron chi connectivity index (χ1n) is 9.25. The monoisotopic (exact) mass is 371 g/mol. The SMILES string of the molecule is CCNC(=NCc1ccc(C(N)=O)o1)NCCN(CC)c1cccc(C)c1. The molecule has 0 saturated carbocycles. The minimum atomic E-state index is -0.578. The van der Waals surface area contributed by atoms with Gasteiger partial charge in [-0.1, -0.05) is 12.1 Å². The predicted octanol–water partition coefficient (Wildman–Crippen LogP) is 2.27. The first kappa shape index (κ1) is 20.4. The molecule has 1 amide bonds. The normalized spacial score (nSPS) is 11.3. The van der Waals surface area contributed by atoms with Crippen LogP contribution < -0.4 is 21.3 Å². The van der Waals surface area contributed by atoms with Crippen molar-refractivity contribution >= 4 is 17.6 Å². The van der Waals surface area contributed by atoms with Crippen molar-refractivity contribution in [1.82, 2.24) is 10.6 Å². The molecule has 7 nitrogen and oxygen atoms in total. The zero-order valence-corrected chi connectivity index (χ0v) is 16.3. The summed E-state index contributed by atoms with van der Waals surface area (Å²) >= 11 is 0. The first-order chi connectivity index (χ1) is 13.0. The zero-order valence-electron chi connectivity index (χ0n) is 16.3. The van der Waals surface area contributed by atoms with E-state index in [0.717, 1.165) is 26.2 Å². The van der Waals surface area contributed by atoms with Crippen molar-refractivity contribution in [2.45, 2.75) is 27.3 Å².